The Bertz CT molecular complexity index is 671. The van der Waals surface area contributed by atoms with Crippen LogP contribution in [0.1, 0.15) is 26.1 Å². The lowest BCUT2D eigenvalue weighted by molar-refractivity contribution is -0.674. The molecule has 1 aromatic carbocycles. The van der Waals surface area contributed by atoms with E-state index in [9.17, 15) is 0 Å². The monoisotopic (exact) mass is 304 g/mol. The van der Waals surface area contributed by atoms with E-state index in [0.717, 1.165) is 25.3 Å². The van der Waals surface area contributed by atoms with Crippen LogP contribution >= 0.6 is 0 Å². The number of hydrogen-bond acceptors (Lipinski definition) is 2. The molecular weight excluding hydrogens is 278 g/mol. The molecule has 0 saturated heterocycles. The van der Waals surface area contributed by atoms with Gasteiger partial charge < -0.3 is 16.2 Å². The van der Waals surface area contributed by atoms with Crippen LogP contribution in [0.3, 0.4) is 0 Å². The van der Waals surface area contributed by atoms with Gasteiger partial charge in [0.2, 0.25) is 0 Å². The molecule has 0 aliphatic rings. The molecule has 0 unspecified atom stereocenters. The fourth-order valence-corrected chi connectivity index (χ4v) is 2.79. The largest absolute Gasteiger partial charge is 0.493 e. The van der Waals surface area contributed by atoms with Crippen molar-refractivity contribution in [2.45, 2.75) is 40.3 Å². The zero-order valence-electron chi connectivity index (χ0n) is 13.7. The van der Waals surface area contributed by atoms with Gasteiger partial charge in [0.1, 0.15) is 5.75 Å². The molecule has 0 atom stereocenters. The van der Waals surface area contributed by atoms with E-state index < -0.39 is 0 Å². The molecule has 0 fully saturated rings. The number of imidazole rings is 1. The number of aliphatic imine (C=N–C) groups is 1. The molecule has 22 heavy (non-hydrogen) atoms. The van der Waals surface area contributed by atoms with E-state index in [1.165, 1.54) is 16.9 Å². The van der Waals surface area contributed by atoms with Crippen molar-refractivity contribution in [2.24, 2.45) is 16.5 Å². The van der Waals surface area contributed by atoms with E-state index in [4.69, 9.17) is 16.2 Å². The Balaban J connectivity index is 2.14. The first-order valence-corrected chi connectivity index (χ1v) is 7.79. The van der Waals surface area contributed by atoms with Gasteiger partial charge in [0.05, 0.1) is 19.7 Å². The van der Waals surface area contributed by atoms with Crippen LogP contribution in [0.25, 0.3) is 11.0 Å². The highest BCUT2D eigenvalue weighted by Crippen LogP contribution is 2.21. The molecule has 0 aliphatic carbocycles. The van der Waals surface area contributed by atoms with Gasteiger partial charge in [-0.15, -0.1) is 0 Å². The third kappa shape index (κ3) is 3.32. The number of nitrogens with two attached hydrogens (primary N) is 2. The Morgan fingerprint density at radius 3 is 2.73 bits per heavy atom. The molecule has 2 aromatic rings. The van der Waals surface area contributed by atoms with Gasteiger partial charge >= 0.3 is 0 Å². The van der Waals surface area contributed by atoms with Crippen LogP contribution < -0.4 is 20.8 Å². The van der Waals surface area contributed by atoms with Crippen molar-refractivity contribution in [3.8, 4) is 5.75 Å². The van der Waals surface area contributed by atoms with Crippen LogP contribution in [0.4, 0.5) is 0 Å². The number of fused-ring (bicyclic) bond motifs is 1. The number of rotatable bonds is 7. The lowest BCUT2D eigenvalue weighted by atomic mass is 10.3. The molecule has 0 aliphatic heterocycles. The first-order valence-electron chi connectivity index (χ1n) is 7.79. The zero-order chi connectivity index (χ0) is 16.1. The fraction of sp³-hybridized carbons (Fsp3) is 0.500. The highest BCUT2D eigenvalue weighted by molar-refractivity contribution is 5.75. The van der Waals surface area contributed by atoms with Crippen LogP contribution in [-0.4, -0.2) is 23.7 Å². The summed E-state index contributed by atoms with van der Waals surface area (Å²) >= 11 is 0. The smallest absolute Gasteiger partial charge is 0.254 e. The second-order valence-electron chi connectivity index (χ2n) is 5.19. The molecular formula is C16H26N5O+. The molecule has 0 bridgehead atoms. The summed E-state index contributed by atoms with van der Waals surface area (Å²) in [5.41, 5.74) is 13.0. The standard InChI is InChI=1S/C16H26N5O/c1-4-20-12(3)21(5-2)15-11-13(7-8-14(15)20)22-10-6-9-19-16(17)18/h7-8,11H,4-6,9-10H2,1-3H3,(H4,17,18,19)/q+1. The van der Waals surface area contributed by atoms with Crippen molar-refractivity contribution in [3.05, 3.63) is 24.0 Å². The zero-order valence-corrected chi connectivity index (χ0v) is 13.7. The summed E-state index contributed by atoms with van der Waals surface area (Å²) in [6, 6.07) is 6.26. The third-order valence-corrected chi connectivity index (χ3v) is 3.81. The van der Waals surface area contributed by atoms with Crippen LogP contribution in [0.5, 0.6) is 5.75 Å². The predicted molar refractivity (Wildman–Crippen MR) is 89.0 cm³/mol. The van der Waals surface area contributed by atoms with Crippen molar-refractivity contribution in [3.63, 3.8) is 0 Å². The topological polar surface area (TPSA) is 82.4 Å². The molecule has 4 N–H and O–H groups in total. The van der Waals surface area contributed by atoms with Crippen LogP contribution in [0, 0.1) is 6.92 Å². The normalized spacial score (nSPS) is 10.9. The average Bonchev–Trinajstić information content (AvgIpc) is 2.76. The maximum Gasteiger partial charge on any atom is 0.254 e. The summed E-state index contributed by atoms with van der Waals surface area (Å²) in [7, 11) is 0. The molecule has 1 aromatic heterocycles. The molecule has 0 amide bonds. The molecule has 2 rings (SSSR count). The van der Waals surface area contributed by atoms with Crippen LogP contribution in [0.15, 0.2) is 23.2 Å². The minimum absolute atomic E-state index is 0.127. The minimum atomic E-state index is 0.127. The number of benzene rings is 1. The number of aromatic nitrogens is 2. The molecule has 120 valence electrons. The minimum Gasteiger partial charge on any atom is -0.493 e. The van der Waals surface area contributed by atoms with Crippen LogP contribution in [0.2, 0.25) is 0 Å². The number of aryl methyl sites for hydroxylation is 2. The molecule has 6 heteroatoms. The van der Waals surface area contributed by atoms with Gasteiger partial charge in [0.15, 0.2) is 17.0 Å². The summed E-state index contributed by atoms with van der Waals surface area (Å²) in [6.07, 6.45) is 0.790. The second-order valence-corrected chi connectivity index (χ2v) is 5.19. The highest BCUT2D eigenvalue weighted by atomic mass is 16.5. The number of nitrogens with zero attached hydrogens (tertiary/aromatic N) is 3. The molecule has 1 heterocycles. The number of guanidine groups is 1. The van der Waals surface area contributed by atoms with E-state index in [1.807, 2.05) is 6.07 Å². The predicted octanol–water partition coefficient (Wildman–Crippen LogP) is 1.32. The van der Waals surface area contributed by atoms with Crippen molar-refractivity contribution < 1.29 is 9.30 Å². The van der Waals surface area contributed by atoms with E-state index >= 15 is 0 Å². The Labute approximate surface area is 131 Å². The summed E-state index contributed by atoms with van der Waals surface area (Å²) in [5, 5.41) is 0. The Morgan fingerprint density at radius 1 is 1.32 bits per heavy atom. The Hall–Kier alpha value is -2.24. The lowest BCUT2D eigenvalue weighted by Gasteiger charge is -2.04. The SMILES string of the molecule is CCn1c(C)[n+](CC)c2ccc(OCCCN=C(N)N)cc21. The van der Waals surface area contributed by atoms with E-state index in [0.29, 0.717) is 13.2 Å². The van der Waals surface area contributed by atoms with E-state index in [1.54, 1.807) is 0 Å². The van der Waals surface area contributed by atoms with Crippen molar-refractivity contribution >= 4 is 17.0 Å². The second kappa shape index (κ2) is 7.15. The van der Waals surface area contributed by atoms with Crippen molar-refractivity contribution in [1.29, 1.82) is 0 Å². The summed E-state index contributed by atoms with van der Waals surface area (Å²) in [5.74, 6) is 2.28. The molecule has 6 nitrogen and oxygen atoms in total. The van der Waals surface area contributed by atoms with E-state index in [2.05, 4.69) is 47.0 Å². The molecule has 0 radical (unpaired) electrons. The maximum atomic E-state index is 5.80. The van der Waals surface area contributed by atoms with Crippen molar-refractivity contribution in [2.75, 3.05) is 13.2 Å². The fourth-order valence-electron chi connectivity index (χ4n) is 2.79. The Morgan fingerprint density at radius 2 is 2.09 bits per heavy atom. The summed E-state index contributed by atoms with van der Waals surface area (Å²) in [4.78, 5) is 3.94. The van der Waals surface area contributed by atoms with Gasteiger partial charge in [-0.05, 0) is 26.0 Å². The third-order valence-electron chi connectivity index (χ3n) is 3.81. The number of hydrogen-bond donors (Lipinski definition) is 2. The van der Waals surface area contributed by atoms with Gasteiger partial charge in [-0.1, -0.05) is 0 Å². The lowest BCUT2D eigenvalue weighted by Crippen LogP contribution is -2.34. The molecule has 0 saturated carbocycles. The maximum absolute atomic E-state index is 5.80. The Kier molecular flexibility index (Phi) is 5.25. The first-order chi connectivity index (χ1) is 10.6. The van der Waals surface area contributed by atoms with E-state index in [-0.39, 0.29) is 5.96 Å². The van der Waals surface area contributed by atoms with Gasteiger partial charge in [-0.25, -0.2) is 9.13 Å². The van der Waals surface area contributed by atoms with Gasteiger partial charge in [-0.3, -0.25) is 4.99 Å². The van der Waals surface area contributed by atoms with Gasteiger partial charge in [-0.2, -0.15) is 0 Å². The van der Waals surface area contributed by atoms with Gasteiger partial charge in [0.25, 0.3) is 5.82 Å². The van der Waals surface area contributed by atoms with Crippen LogP contribution in [-0.2, 0) is 13.1 Å². The highest BCUT2D eigenvalue weighted by Gasteiger charge is 2.19. The van der Waals surface area contributed by atoms with Crippen molar-refractivity contribution in [1.82, 2.24) is 4.57 Å². The summed E-state index contributed by atoms with van der Waals surface area (Å²) in [6.45, 7) is 9.59. The molecule has 0 spiro atoms. The first kappa shape index (κ1) is 16.1. The average molecular weight is 304 g/mol. The van der Waals surface area contributed by atoms with Gasteiger partial charge in [0, 0.05) is 26.0 Å². The summed E-state index contributed by atoms with van der Waals surface area (Å²) < 4.78 is 10.4. The quantitative estimate of drug-likeness (QED) is 0.350. The number of ether oxygens (including phenoxy) is 1.